The summed E-state index contributed by atoms with van der Waals surface area (Å²) in [6.45, 7) is 4.13. The Balaban J connectivity index is 2.73. The number of hydrogen-bond donors (Lipinski definition) is 1. The van der Waals surface area contributed by atoms with Crippen molar-refractivity contribution in [2.45, 2.75) is 13.0 Å². The number of carbonyl (C=O) groups excluding carboxylic acids is 1. The summed E-state index contributed by atoms with van der Waals surface area (Å²) in [6, 6.07) is 0. The van der Waals surface area contributed by atoms with Gasteiger partial charge in [-0.25, -0.2) is 4.68 Å². The molecule has 0 saturated heterocycles. The number of anilines is 1. The summed E-state index contributed by atoms with van der Waals surface area (Å²) < 4.78 is 5.68. The maximum Gasteiger partial charge on any atom is 0.307 e. The molecular weight excluding hydrogens is 258 g/mol. The molecule has 18 heavy (non-hydrogen) atoms. The second kappa shape index (κ2) is 6.80. The van der Waals surface area contributed by atoms with Crippen molar-refractivity contribution in [3.8, 4) is 0 Å². The average Bonchev–Trinajstić information content (AvgIpc) is 2.37. The van der Waals surface area contributed by atoms with E-state index in [1.165, 1.54) is 18.0 Å². The molecule has 1 heterocycles. The summed E-state index contributed by atoms with van der Waals surface area (Å²) in [7, 11) is 1.31. The SMILES string of the molecule is C=CCn1ncc(NCCC(=O)OC)c(Cl)c1=O. The zero-order valence-corrected chi connectivity index (χ0v) is 10.7. The Labute approximate surface area is 109 Å². The second-order valence-corrected chi connectivity index (χ2v) is 3.78. The van der Waals surface area contributed by atoms with Crippen molar-refractivity contribution in [1.82, 2.24) is 9.78 Å². The van der Waals surface area contributed by atoms with Crippen molar-refractivity contribution in [2.75, 3.05) is 19.0 Å². The van der Waals surface area contributed by atoms with Gasteiger partial charge in [0.1, 0.15) is 5.02 Å². The lowest BCUT2D eigenvalue weighted by Gasteiger charge is -2.08. The lowest BCUT2D eigenvalue weighted by Crippen LogP contribution is -2.24. The van der Waals surface area contributed by atoms with Crippen LogP contribution in [-0.4, -0.2) is 29.4 Å². The summed E-state index contributed by atoms with van der Waals surface area (Å²) in [5, 5.41) is 6.81. The Kier molecular flexibility index (Phi) is 5.38. The minimum absolute atomic E-state index is 0.0386. The maximum atomic E-state index is 11.7. The van der Waals surface area contributed by atoms with E-state index in [0.717, 1.165) is 0 Å². The van der Waals surface area contributed by atoms with Crippen LogP contribution in [0.1, 0.15) is 6.42 Å². The number of methoxy groups -OCH3 is 1. The van der Waals surface area contributed by atoms with Gasteiger partial charge < -0.3 is 10.1 Å². The molecule has 1 rings (SSSR count). The molecular formula is C11H14ClN3O3. The van der Waals surface area contributed by atoms with Crippen LogP contribution in [0.5, 0.6) is 0 Å². The molecule has 0 bridgehead atoms. The van der Waals surface area contributed by atoms with Gasteiger partial charge >= 0.3 is 5.97 Å². The maximum absolute atomic E-state index is 11.7. The highest BCUT2D eigenvalue weighted by Gasteiger charge is 2.08. The first-order chi connectivity index (χ1) is 8.60. The normalized spacial score (nSPS) is 9.89. The number of hydrogen-bond acceptors (Lipinski definition) is 5. The van der Waals surface area contributed by atoms with Gasteiger partial charge in [-0.05, 0) is 0 Å². The van der Waals surface area contributed by atoms with Crippen molar-refractivity contribution < 1.29 is 9.53 Å². The molecule has 1 aromatic rings. The average molecular weight is 272 g/mol. The largest absolute Gasteiger partial charge is 0.469 e. The minimum Gasteiger partial charge on any atom is -0.469 e. The summed E-state index contributed by atoms with van der Waals surface area (Å²) in [5.41, 5.74) is -0.00878. The molecule has 0 fully saturated rings. The highest BCUT2D eigenvalue weighted by molar-refractivity contribution is 6.32. The lowest BCUT2D eigenvalue weighted by atomic mass is 10.4. The Bertz CT molecular complexity index is 499. The summed E-state index contributed by atoms with van der Waals surface area (Å²) in [6.07, 6.45) is 3.17. The Hall–Kier alpha value is -1.82. The van der Waals surface area contributed by atoms with E-state index in [0.29, 0.717) is 18.8 Å². The van der Waals surface area contributed by atoms with Crippen LogP contribution < -0.4 is 10.9 Å². The quantitative estimate of drug-likeness (QED) is 0.619. The highest BCUT2D eigenvalue weighted by Crippen LogP contribution is 2.14. The van der Waals surface area contributed by atoms with Gasteiger partial charge in [0, 0.05) is 6.54 Å². The first-order valence-electron chi connectivity index (χ1n) is 5.27. The van der Waals surface area contributed by atoms with Crippen LogP contribution in [-0.2, 0) is 16.1 Å². The van der Waals surface area contributed by atoms with Gasteiger partial charge in [-0.2, -0.15) is 5.10 Å². The van der Waals surface area contributed by atoms with Crippen LogP contribution >= 0.6 is 11.6 Å². The van der Waals surface area contributed by atoms with Crippen molar-refractivity contribution in [1.29, 1.82) is 0 Å². The zero-order chi connectivity index (χ0) is 13.5. The van der Waals surface area contributed by atoms with Gasteiger partial charge in [0.15, 0.2) is 0 Å². The van der Waals surface area contributed by atoms with E-state index >= 15 is 0 Å². The van der Waals surface area contributed by atoms with Crippen LogP contribution in [0.15, 0.2) is 23.6 Å². The van der Waals surface area contributed by atoms with Crippen LogP contribution in [0.3, 0.4) is 0 Å². The number of nitrogens with one attached hydrogen (secondary N) is 1. The topological polar surface area (TPSA) is 73.2 Å². The monoisotopic (exact) mass is 271 g/mol. The van der Waals surface area contributed by atoms with Gasteiger partial charge in [0.25, 0.3) is 5.56 Å². The standard InChI is InChI=1S/C11H14ClN3O3/c1-3-6-15-11(17)10(12)8(7-14-15)13-5-4-9(16)18-2/h3,7,13H,1,4-6H2,2H3. The van der Waals surface area contributed by atoms with Crippen molar-refractivity contribution >= 4 is 23.3 Å². The van der Waals surface area contributed by atoms with E-state index in [1.54, 1.807) is 6.08 Å². The Morgan fingerprint density at radius 1 is 1.72 bits per heavy atom. The first kappa shape index (κ1) is 14.2. The molecule has 7 heteroatoms. The molecule has 0 aliphatic carbocycles. The van der Waals surface area contributed by atoms with Crippen LogP contribution in [0.2, 0.25) is 5.02 Å². The number of carbonyl (C=O) groups is 1. The fraction of sp³-hybridized carbons (Fsp3) is 0.364. The van der Waals surface area contributed by atoms with Crippen molar-refractivity contribution in [3.63, 3.8) is 0 Å². The molecule has 0 aliphatic heterocycles. The fourth-order valence-electron chi connectivity index (χ4n) is 1.24. The zero-order valence-electron chi connectivity index (χ0n) is 9.98. The lowest BCUT2D eigenvalue weighted by molar-refractivity contribution is -0.140. The molecule has 0 saturated carbocycles. The highest BCUT2D eigenvalue weighted by atomic mass is 35.5. The number of nitrogens with zero attached hydrogens (tertiary/aromatic N) is 2. The van der Waals surface area contributed by atoms with Gasteiger partial charge in [-0.15, -0.1) is 6.58 Å². The minimum atomic E-state index is -0.403. The van der Waals surface area contributed by atoms with E-state index in [-0.39, 0.29) is 17.4 Å². The van der Waals surface area contributed by atoms with E-state index < -0.39 is 5.56 Å². The van der Waals surface area contributed by atoms with Gasteiger partial charge in [-0.3, -0.25) is 9.59 Å². The molecule has 0 aromatic carbocycles. The van der Waals surface area contributed by atoms with E-state index in [9.17, 15) is 9.59 Å². The molecule has 0 aliphatic rings. The second-order valence-electron chi connectivity index (χ2n) is 3.40. The molecule has 98 valence electrons. The van der Waals surface area contributed by atoms with Crippen molar-refractivity contribution in [2.24, 2.45) is 0 Å². The van der Waals surface area contributed by atoms with Gasteiger partial charge in [-0.1, -0.05) is 17.7 Å². The predicted molar refractivity (Wildman–Crippen MR) is 68.8 cm³/mol. The number of rotatable bonds is 6. The number of aromatic nitrogens is 2. The third kappa shape index (κ3) is 3.59. The van der Waals surface area contributed by atoms with Gasteiger partial charge in [0.2, 0.25) is 0 Å². The summed E-state index contributed by atoms with van der Waals surface area (Å²) >= 11 is 5.90. The van der Waals surface area contributed by atoms with E-state index in [4.69, 9.17) is 11.6 Å². The first-order valence-corrected chi connectivity index (χ1v) is 5.65. The van der Waals surface area contributed by atoms with E-state index in [2.05, 4.69) is 21.7 Å². The van der Waals surface area contributed by atoms with Crippen molar-refractivity contribution in [3.05, 3.63) is 34.2 Å². The van der Waals surface area contributed by atoms with Crippen LogP contribution in [0.4, 0.5) is 5.69 Å². The van der Waals surface area contributed by atoms with Crippen LogP contribution in [0.25, 0.3) is 0 Å². The fourth-order valence-corrected chi connectivity index (χ4v) is 1.46. The molecule has 0 unspecified atom stereocenters. The van der Waals surface area contributed by atoms with Crippen LogP contribution in [0, 0.1) is 0 Å². The Morgan fingerprint density at radius 2 is 2.44 bits per heavy atom. The number of halogens is 1. The number of ether oxygens (including phenoxy) is 1. The number of allylic oxidation sites excluding steroid dienone is 1. The third-order valence-electron chi connectivity index (χ3n) is 2.16. The molecule has 1 aromatic heterocycles. The predicted octanol–water partition coefficient (Wildman–Crippen LogP) is 1.06. The third-order valence-corrected chi connectivity index (χ3v) is 2.52. The summed E-state index contributed by atoms with van der Waals surface area (Å²) in [5.74, 6) is -0.341. The van der Waals surface area contributed by atoms with Gasteiger partial charge in [0.05, 0.1) is 32.0 Å². The summed E-state index contributed by atoms with van der Waals surface area (Å²) in [4.78, 5) is 22.6. The smallest absolute Gasteiger partial charge is 0.307 e. The molecule has 6 nitrogen and oxygen atoms in total. The van der Waals surface area contributed by atoms with E-state index in [1.807, 2.05) is 0 Å². The molecule has 0 radical (unpaired) electrons. The number of esters is 1. The Morgan fingerprint density at radius 3 is 3.06 bits per heavy atom. The molecule has 1 N–H and O–H groups in total. The molecule has 0 atom stereocenters. The molecule has 0 spiro atoms. The molecule has 0 amide bonds.